The minimum absolute atomic E-state index is 0. The Balaban J connectivity index is 0.00000392. The van der Waals surface area contributed by atoms with Crippen LogP contribution in [0.25, 0.3) is 0 Å². The Morgan fingerprint density at radius 3 is 2.36 bits per heavy atom. The number of rotatable bonds is 6. The third-order valence-corrected chi connectivity index (χ3v) is 4.62. The highest BCUT2D eigenvalue weighted by Crippen LogP contribution is 2.15. The maximum Gasteiger partial charge on any atom is 0.253 e. The van der Waals surface area contributed by atoms with Crippen molar-refractivity contribution in [3.63, 3.8) is 0 Å². The van der Waals surface area contributed by atoms with Crippen LogP contribution in [0.3, 0.4) is 0 Å². The van der Waals surface area contributed by atoms with E-state index in [1.807, 2.05) is 44.6 Å². The molecule has 1 N–H and O–H groups in total. The lowest BCUT2D eigenvalue weighted by atomic mass is 10.1. The number of amides is 1. The van der Waals surface area contributed by atoms with Gasteiger partial charge in [-0.05, 0) is 46.6 Å². The summed E-state index contributed by atoms with van der Waals surface area (Å²) in [6.07, 6.45) is 2.05. The zero-order chi connectivity index (χ0) is 20.0. The first-order valence-corrected chi connectivity index (χ1v) is 9.72. The lowest BCUT2D eigenvalue weighted by Crippen LogP contribution is -2.38. The van der Waals surface area contributed by atoms with Gasteiger partial charge >= 0.3 is 0 Å². The molecule has 0 fully saturated rings. The van der Waals surface area contributed by atoms with Gasteiger partial charge in [0.05, 0.1) is 13.1 Å². The van der Waals surface area contributed by atoms with E-state index >= 15 is 0 Å². The fraction of sp³-hybridized carbons (Fsp3) is 0.400. The third kappa shape index (κ3) is 6.80. The van der Waals surface area contributed by atoms with Crippen LogP contribution in [0.2, 0.25) is 0 Å². The number of carbonyl (C=O) groups excluding carboxylic acids is 1. The highest BCUT2D eigenvalue weighted by Gasteiger charge is 2.10. The fourth-order valence-corrected chi connectivity index (χ4v) is 3.26. The number of hydrogen-bond donors (Lipinski definition) is 1. The van der Waals surface area contributed by atoms with Gasteiger partial charge in [-0.1, -0.05) is 12.1 Å². The predicted molar refractivity (Wildman–Crippen MR) is 129 cm³/mol. The monoisotopic (exact) mass is 561 g/mol. The number of aromatic nitrogens is 1. The summed E-state index contributed by atoms with van der Waals surface area (Å²) in [6.45, 7) is 4.17. The first kappa shape index (κ1) is 24.5. The van der Waals surface area contributed by atoms with E-state index in [1.165, 1.54) is 5.69 Å². The molecular formula is C20H29BrIN5O. The number of aryl methyl sites for hydroxylation is 1. The normalized spacial score (nSPS) is 11.0. The van der Waals surface area contributed by atoms with Gasteiger partial charge in [-0.15, -0.1) is 24.0 Å². The van der Waals surface area contributed by atoms with Gasteiger partial charge in [0.15, 0.2) is 5.96 Å². The van der Waals surface area contributed by atoms with E-state index in [0.717, 1.165) is 29.1 Å². The molecule has 1 heterocycles. The SMILES string of the molecule is CCNC(=NCc1ccc(C(=O)N(C)C)cc1)N(C)Cc1cc(Br)cn1C.I. The standard InChI is InChI=1S/C20H28BrN5O.HI/c1-6-22-20(26(5)14-18-11-17(21)13-25(18)4)23-12-15-7-9-16(10-8-15)19(27)24(2)3;/h7-11,13H,6,12,14H2,1-5H3,(H,22,23);1H. The van der Waals surface area contributed by atoms with Crippen LogP contribution in [-0.2, 0) is 20.1 Å². The van der Waals surface area contributed by atoms with E-state index in [2.05, 4.69) is 43.7 Å². The average molecular weight is 562 g/mol. The molecule has 0 unspecified atom stereocenters. The van der Waals surface area contributed by atoms with Crippen LogP contribution in [0.15, 0.2) is 46.0 Å². The summed E-state index contributed by atoms with van der Waals surface area (Å²) in [5, 5.41) is 3.34. The lowest BCUT2D eigenvalue weighted by Gasteiger charge is -2.22. The molecule has 1 aromatic heterocycles. The Morgan fingerprint density at radius 2 is 1.86 bits per heavy atom. The summed E-state index contributed by atoms with van der Waals surface area (Å²) >= 11 is 3.51. The second kappa shape index (κ2) is 11.5. The zero-order valence-corrected chi connectivity index (χ0v) is 21.0. The van der Waals surface area contributed by atoms with E-state index in [1.54, 1.807) is 19.0 Å². The summed E-state index contributed by atoms with van der Waals surface area (Å²) in [5.41, 5.74) is 2.95. The van der Waals surface area contributed by atoms with Crippen LogP contribution in [0, 0.1) is 0 Å². The Kier molecular flexibility index (Phi) is 10.0. The Hall–Kier alpha value is -1.55. The number of halogens is 2. The molecule has 0 saturated carbocycles. The van der Waals surface area contributed by atoms with Crippen molar-refractivity contribution in [2.45, 2.75) is 20.0 Å². The second-order valence-corrected chi connectivity index (χ2v) is 7.60. The summed E-state index contributed by atoms with van der Waals surface area (Å²) in [5.74, 6) is 0.857. The molecule has 1 amide bonds. The van der Waals surface area contributed by atoms with Gasteiger partial charge in [0.1, 0.15) is 0 Å². The second-order valence-electron chi connectivity index (χ2n) is 6.68. The van der Waals surface area contributed by atoms with Crippen molar-refractivity contribution in [1.82, 2.24) is 19.7 Å². The molecule has 0 aliphatic heterocycles. The molecule has 154 valence electrons. The third-order valence-electron chi connectivity index (χ3n) is 4.19. The van der Waals surface area contributed by atoms with E-state index in [-0.39, 0.29) is 29.9 Å². The highest BCUT2D eigenvalue weighted by molar-refractivity contribution is 14.0. The van der Waals surface area contributed by atoms with Gasteiger partial charge < -0.3 is 19.7 Å². The van der Waals surface area contributed by atoms with E-state index < -0.39 is 0 Å². The van der Waals surface area contributed by atoms with Crippen molar-refractivity contribution in [3.05, 3.63) is 57.8 Å². The van der Waals surface area contributed by atoms with Gasteiger partial charge in [-0.2, -0.15) is 0 Å². The number of benzene rings is 1. The molecule has 0 saturated heterocycles. The summed E-state index contributed by atoms with van der Waals surface area (Å²) in [6, 6.07) is 9.73. The number of hydrogen-bond acceptors (Lipinski definition) is 2. The lowest BCUT2D eigenvalue weighted by molar-refractivity contribution is 0.0827. The summed E-state index contributed by atoms with van der Waals surface area (Å²) in [7, 11) is 7.57. The molecule has 6 nitrogen and oxygen atoms in total. The Bertz CT molecular complexity index is 801. The highest BCUT2D eigenvalue weighted by atomic mass is 127. The molecule has 8 heteroatoms. The van der Waals surface area contributed by atoms with Crippen molar-refractivity contribution in [2.24, 2.45) is 12.0 Å². The van der Waals surface area contributed by atoms with Gasteiger partial charge in [0, 0.05) is 56.7 Å². The number of aliphatic imine (C=N–C) groups is 1. The van der Waals surface area contributed by atoms with E-state index in [0.29, 0.717) is 12.1 Å². The topological polar surface area (TPSA) is 52.9 Å². The molecule has 1 aromatic carbocycles. The molecule has 0 aliphatic carbocycles. The predicted octanol–water partition coefficient (Wildman–Crippen LogP) is 3.70. The summed E-state index contributed by atoms with van der Waals surface area (Å²) < 4.78 is 3.17. The molecule has 0 aliphatic rings. The molecule has 28 heavy (non-hydrogen) atoms. The maximum absolute atomic E-state index is 12.0. The van der Waals surface area contributed by atoms with Crippen molar-refractivity contribution in [2.75, 3.05) is 27.7 Å². The zero-order valence-electron chi connectivity index (χ0n) is 17.1. The van der Waals surface area contributed by atoms with Crippen molar-refractivity contribution < 1.29 is 4.79 Å². The minimum Gasteiger partial charge on any atom is -0.357 e. The van der Waals surface area contributed by atoms with Gasteiger partial charge in [0.25, 0.3) is 5.91 Å². The maximum atomic E-state index is 12.0. The molecule has 0 bridgehead atoms. The number of guanidine groups is 1. The van der Waals surface area contributed by atoms with Crippen molar-refractivity contribution in [1.29, 1.82) is 0 Å². The van der Waals surface area contributed by atoms with Crippen LogP contribution in [0.4, 0.5) is 0 Å². The number of carbonyl (C=O) groups is 1. The average Bonchev–Trinajstić information content (AvgIpc) is 2.95. The molecule has 2 rings (SSSR count). The van der Waals surface area contributed by atoms with Gasteiger partial charge in [0.2, 0.25) is 0 Å². The Labute approximate surface area is 193 Å². The number of nitrogens with one attached hydrogen (secondary N) is 1. The molecule has 0 atom stereocenters. The number of nitrogens with zero attached hydrogens (tertiary/aromatic N) is 4. The molecule has 0 radical (unpaired) electrons. The van der Waals surface area contributed by atoms with Crippen LogP contribution in [0.1, 0.15) is 28.5 Å². The molecule has 0 spiro atoms. The van der Waals surface area contributed by atoms with Crippen LogP contribution in [0.5, 0.6) is 0 Å². The van der Waals surface area contributed by atoms with Crippen molar-refractivity contribution in [3.8, 4) is 0 Å². The van der Waals surface area contributed by atoms with Crippen molar-refractivity contribution >= 4 is 51.8 Å². The van der Waals surface area contributed by atoms with Gasteiger partial charge in [-0.25, -0.2) is 4.99 Å². The summed E-state index contributed by atoms with van der Waals surface area (Å²) in [4.78, 5) is 20.4. The first-order valence-electron chi connectivity index (χ1n) is 8.92. The smallest absolute Gasteiger partial charge is 0.253 e. The van der Waals surface area contributed by atoms with Gasteiger partial charge in [-0.3, -0.25) is 4.79 Å². The quantitative estimate of drug-likeness (QED) is 0.332. The van der Waals surface area contributed by atoms with Crippen LogP contribution >= 0.6 is 39.9 Å². The molecular weight excluding hydrogens is 533 g/mol. The molecule has 2 aromatic rings. The van der Waals surface area contributed by atoms with Crippen LogP contribution < -0.4 is 5.32 Å². The van der Waals surface area contributed by atoms with E-state index in [9.17, 15) is 4.79 Å². The minimum atomic E-state index is 0. The van der Waals surface area contributed by atoms with Crippen LogP contribution in [-0.4, -0.2) is 53.9 Å². The largest absolute Gasteiger partial charge is 0.357 e. The fourth-order valence-electron chi connectivity index (χ4n) is 2.69. The Morgan fingerprint density at radius 1 is 1.21 bits per heavy atom. The van der Waals surface area contributed by atoms with E-state index in [4.69, 9.17) is 4.99 Å². The first-order chi connectivity index (χ1) is 12.8.